The van der Waals surface area contributed by atoms with Crippen molar-refractivity contribution in [3.05, 3.63) is 34.9 Å². The van der Waals surface area contributed by atoms with Crippen molar-refractivity contribution >= 4 is 35.8 Å². The fourth-order valence-electron chi connectivity index (χ4n) is 3.84. The minimum Gasteiger partial charge on any atom is -0.342 e. The normalized spacial score (nSPS) is 23.3. The van der Waals surface area contributed by atoms with Crippen LogP contribution >= 0.6 is 24.0 Å². The maximum absolute atomic E-state index is 13.2. The lowest BCUT2D eigenvalue weighted by Gasteiger charge is -2.41. The molecule has 2 fully saturated rings. The molecule has 2 atom stereocenters. The Kier molecular flexibility index (Phi) is 7.74. The second-order valence-electron chi connectivity index (χ2n) is 6.84. The van der Waals surface area contributed by atoms with Crippen molar-refractivity contribution < 1.29 is 9.59 Å². The number of rotatable bonds is 3. The SMILES string of the molecule is CCC(=O)N1CCCC(C(=O)N2CCNCC2c2cccc(Cl)c2)C1.Cl. The molecule has 0 saturated carbocycles. The number of nitrogens with one attached hydrogen (secondary N) is 1. The van der Waals surface area contributed by atoms with Crippen LogP contribution in [-0.4, -0.2) is 54.3 Å². The molecule has 0 spiro atoms. The van der Waals surface area contributed by atoms with E-state index in [4.69, 9.17) is 11.6 Å². The molecule has 2 saturated heterocycles. The highest BCUT2D eigenvalue weighted by atomic mass is 35.5. The minimum atomic E-state index is -0.0935. The molecule has 2 aliphatic heterocycles. The summed E-state index contributed by atoms with van der Waals surface area (Å²) in [6.07, 6.45) is 2.26. The lowest BCUT2D eigenvalue weighted by atomic mass is 9.94. The first-order valence-electron chi connectivity index (χ1n) is 9.14. The minimum absolute atomic E-state index is 0. The molecule has 0 bridgehead atoms. The van der Waals surface area contributed by atoms with Gasteiger partial charge in [-0.15, -0.1) is 12.4 Å². The summed E-state index contributed by atoms with van der Waals surface area (Å²) in [5.74, 6) is 0.216. The first kappa shape index (κ1) is 21.0. The van der Waals surface area contributed by atoms with E-state index in [1.54, 1.807) is 0 Å². The van der Waals surface area contributed by atoms with Crippen molar-refractivity contribution in [1.29, 1.82) is 0 Å². The highest BCUT2D eigenvalue weighted by Crippen LogP contribution is 2.28. The average molecular weight is 400 g/mol. The van der Waals surface area contributed by atoms with Crippen molar-refractivity contribution in [2.75, 3.05) is 32.7 Å². The predicted molar refractivity (Wildman–Crippen MR) is 106 cm³/mol. The van der Waals surface area contributed by atoms with Crippen molar-refractivity contribution in [3.63, 3.8) is 0 Å². The molecular weight excluding hydrogens is 373 g/mol. The number of piperidine rings is 1. The van der Waals surface area contributed by atoms with Crippen LogP contribution in [0.15, 0.2) is 24.3 Å². The molecule has 0 radical (unpaired) electrons. The Hall–Kier alpha value is -1.30. The third-order valence-electron chi connectivity index (χ3n) is 5.19. The molecule has 2 aliphatic rings. The first-order valence-corrected chi connectivity index (χ1v) is 9.52. The number of hydrogen-bond donors (Lipinski definition) is 1. The molecule has 2 heterocycles. The number of halogens is 2. The van der Waals surface area contributed by atoms with Crippen LogP contribution < -0.4 is 5.32 Å². The van der Waals surface area contributed by atoms with Crippen LogP contribution in [0.25, 0.3) is 0 Å². The van der Waals surface area contributed by atoms with Crippen molar-refractivity contribution in [3.8, 4) is 0 Å². The van der Waals surface area contributed by atoms with Gasteiger partial charge < -0.3 is 15.1 Å². The van der Waals surface area contributed by atoms with Crippen LogP contribution in [0.2, 0.25) is 5.02 Å². The van der Waals surface area contributed by atoms with E-state index in [0.29, 0.717) is 24.5 Å². The van der Waals surface area contributed by atoms with Gasteiger partial charge in [0.15, 0.2) is 0 Å². The summed E-state index contributed by atoms with van der Waals surface area (Å²) in [4.78, 5) is 29.0. The van der Waals surface area contributed by atoms with E-state index in [-0.39, 0.29) is 36.2 Å². The van der Waals surface area contributed by atoms with Crippen LogP contribution in [0.5, 0.6) is 0 Å². The number of hydrogen-bond acceptors (Lipinski definition) is 3. The molecule has 1 aromatic carbocycles. The molecule has 7 heteroatoms. The second kappa shape index (κ2) is 9.58. The Morgan fingerprint density at radius 1 is 1.31 bits per heavy atom. The van der Waals surface area contributed by atoms with Gasteiger partial charge in [-0.25, -0.2) is 0 Å². The van der Waals surface area contributed by atoms with Crippen LogP contribution in [-0.2, 0) is 9.59 Å². The molecule has 1 aromatic rings. The fourth-order valence-corrected chi connectivity index (χ4v) is 4.04. The number of benzene rings is 1. The third-order valence-corrected chi connectivity index (χ3v) is 5.42. The Morgan fingerprint density at radius 3 is 2.85 bits per heavy atom. The third kappa shape index (κ3) is 4.70. The topological polar surface area (TPSA) is 52.7 Å². The number of piperazine rings is 1. The van der Waals surface area contributed by atoms with Crippen LogP contribution in [0, 0.1) is 5.92 Å². The van der Waals surface area contributed by atoms with Gasteiger partial charge >= 0.3 is 0 Å². The van der Waals surface area contributed by atoms with E-state index >= 15 is 0 Å². The van der Waals surface area contributed by atoms with E-state index in [0.717, 1.165) is 38.0 Å². The van der Waals surface area contributed by atoms with Gasteiger partial charge in [0.1, 0.15) is 0 Å². The summed E-state index contributed by atoms with van der Waals surface area (Å²) < 4.78 is 0. The number of amides is 2. The zero-order chi connectivity index (χ0) is 17.8. The summed E-state index contributed by atoms with van der Waals surface area (Å²) in [5.41, 5.74) is 1.06. The Balaban J connectivity index is 0.00000243. The largest absolute Gasteiger partial charge is 0.342 e. The van der Waals surface area contributed by atoms with Crippen molar-refractivity contribution in [1.82, 2.24) is 15.1 Å². The number of likely N-dealkylation sites (tertiary alicyclic amines) is 1. The molecule has 2 amide bonds. The smallest absolute Gasteiger partial charge is 0.228 e. The predicted octanol–water partition coefficient (Wildman–Crippen LogP) is 2.88. The number of carbonyl (C=O) groups excluding carboxylic acids is 2. The molecule has 3 rings (SSSR count). The second-order valence-corrected chi connectivity index (χ2v) is 7.28. The highest BCUT2D eigenvalue weighted by molar-refractivity contribution is 6.30. The molecule has 144 valence electrons. The van der Waals surface area contributed by atoms with Crippen LogP contribution in [0.4, 0.5) is 0 Å². The van der Waals surface area contributed by atoms with Gasteiger partial charge in [0.25, 0.3) is 0 Å². The maximum atomic E-state index is 13.2. The monoisotopic (exact) mass is 399 g/mol. The fraction of sp³-hybridized carbons (Fsp3) is 0.579. The molecular formula is C19H27Cl2N3O2. The Labute approximate surface area is 166 Å². The van der Waals surface area contributed by atoms with Crippen molar-refractivity contribution in [2.24, 2.45) is 5.92 Å². The Bertz CT molecular complexity index is 641. The lowest BCUT2D eigenvalue weighted by Crippen LogP contribution is -2.53. The van der Waals surface area contributed by atoms with Gasteiger partial charge in [-0.05, 0) is 30.5 Å². The standard InChI is InChI=1S/C19H26ClN3O2.ClH/c1-2-18(24)22-9-4-6-15(13-22)19(25)23-10-8-21-12-17(23)14-5-3-7-16(20)11-14;/h3,5,7,11,15,17,21H,2,4,6,8-10,12-13H2,1H3;1H. The summed E-state index contributed by atoms with van der Waals surface area (Å²) in [6, 6.07) is 7.74. The summed E-state index contributed by atoms with van der Waals surface area (Å²) in [6.45, 7) is 5.42. The summed E-state index contributed by atoms with van der Waals surface area (Å²) in [7, 11) is 0. The quantitative estimate of drug-likeness (QED) is 0.849. The maximum Gasteiger partial charge on any atom is 0.228 e. The average Bonchev–Trinajstić information content (AvgIpc) is 2.67. The number of nitrogens with zero attached hydrogens (tertiary/aromatic N) is 2. The molecule has 1 N–H and O–H groups in total. The van der Waals surface area contributed by atoms with E-state index in [2.05, 4.69) is 5.32 Å². The van der Waals surface area contributed by atoms with Gasteiger partial charge in [0.2, 0.25) is 11.8 Å². The zero-order valence-electron chi connectivity index (χ0n) is 15.1. The van der Waals surface area contributed by atoms with Gasteiger partial charge in [0, 0.05) is 44.2 Å². The Morgan fingerprint density at radius 2 is 2.12 bits per heavy atom. The molecule has 26 heavy (non-hydrogen) atoms. The van der Waals surface area contributed by atoms with Gasteiger partial charge in [-0.1, -0.05) is 30.7 Å². The van der Waals surface area contributed by atoms with Gasteiger partial charge in [-0.2, -0.15) is 0 Å². The molecule has 0 aromatic heterocycles. The lowest BCUT2D eigenvalue weighted by molar-refractivity contribution is -0.143. The van der Waals surface area contributed by atoms with Crippen LogP contribution in [0.3, 0.4) is 0 Å². The van der Waals surface area contributed by atoms with Gasteiger partial charge in [0.05, 0.1) is 12.0 Å². The highest BCUT2D eigenvalue weighted by Gasteiger charge is 2.35. The van der Waals surface area contributed by atoms with E-state index in [1.807, 2.05) is 41.0 Å². The molecule has 0 aliphatic carbocycles. The molecule has 5 nitrogen and oxygen atoms in total. The van der Waals surface area contributed by atoms with E-state index in [9.17, 15) is 9.59 Å². The van der Waals surface area contributed by atoms with E-state index < -0.39 is 0 Å². The molecule has 2 unspecified atom stereocenters. The first-order chi connectivity index (χ1) is 12.1. The van der Waals surface area contributed by atoms with E-state index in [1.165, 1.54) is 0 Å². The van der Waals surface area contributed by atoms with Gasteiger partial charge in [-0.3, -0.25) is 9.59 Å². The number of carbonyl (C=O) groups is 2. The summed E-state index contributed by atoms with van der Waals surface area (Å²) in [5, 5.41) is 4.06. The van der Waals surface area contributed by atoms with Crippen molar-refractivity contribution in [2.45, 2.75) is 32.2 Å². The zero-order valence-corrected chi connectivity index (χ0v) is 16.7. The van der Waals surface area contributed by atoms with Crippen LogP contribution in [0.1, 0.15) is 37.8 Å². The summed E-state index contributed by atoms with van der Waals surface area (Å²) >= 11 is 6.14.